The number of aromatic nitrogens is 3. The second-order valence-corrected chi connectivity index (χ2v) is 10.8. The molecular weight excluding hydrogens is 472 g/mol. The zero-order valence-electron chi connectivity index (χ0n) is 20.3. The molecule has 0 spiro atoms. The fourth-order valence-corrected chi connectivity index (χ4v) is 6.55. The van der Waals surface area contributed by atoms with Crippen molar-refractivity contribution in [3.63, 3.8) is 0 Å². The van der Waals surface area contributed by atoms with Crippen molar-refractivity contribution in [3.05, 3.63) is 35.2 Å². The van der Waals surface area contributed by atoms with Gasteiger partial charge in [-0.2, -0.15) is 0 Å². The molecule has 1 saturated carbocycles. The number of methoxy groups -OCH3 is 1. The normalized spacial score (nSPS) is 24.5. The van der Waals surface area contributed by atoms with Crippen LogP contribution >= 0.6 is 24.2 Å². The Morgan fingerprint density at radius 1 is 1.29 bits per heavy atom. The van der Waals surface area contributed by atoms with E-state index < -0.39 is 0 Å². The molecule has 9 heteroatoms. The van der Waals surface area contributed by atoms with Crippen LogP contribution in [0.1, 0.15) is 60.3 Å². The van der Waals surface area contributed by atoms with Gasteiger partial charge in [0.1, 0.15) is 11.6 Å². The van der Waals surface area contributed by atoms with Gasteiger partial charge in [-0.15, -0.1) is 22.6 Å². The van der Waals surface area contributed by atoms with E-state index in [1.165, 1.54) is 12.0 Å². The van der Waals surface area contributed by atoms with E-state index in [1.54, 1.807) is 14.0 Å². The quantitative estimate of drug-likeness (QED) is 0.288. The zero-order valence-corrected chi connectivity index (χ0v) is 21.9. The molecule has 2 atom stereocenters. The summed E-state index contributed by atoms with van der Waals surface area (Å²) in [7, 11) is 3.72. The number of ether oxygens (including phenoxy) is 2. The summed E-state index contributed by atoms with van der Waals surface area (Å²) in [6, 6.07) is 6.20. The Morgan fingerprint density at radius 3 is 2.82 bits per heavy atom. The second kappa shape index (κ2) is 10.6. The van der Waals surface area contributed by atoms with Crippen molar-refractivity contribution < 1.29 is 14.3 Å². The monoisotopic (exact) mass is 506 g/mol. The van der Waals surface area contributed by atoms with E-state index in [9.17, 15) is 4.79 Å². The third kappa shape index (κ3) is 4.87. The second-order valence-electron chi connectivity index (χ2n) is 9.75. The Bertz CT molecular complexity index is 1030. The average molecular weight is 507 g/mol. The van der Waals surface area contributed by atoms with Crippen LogP contribution in [0.5, 0.6) is 5.75 Å². The molecule has 0 N–H and O–H groups in total. The minimum Gasteiger partial charge on any atom is -0.496 e. The molecule has 2 aromatic rings. The Morgan fingerprint density at radius 2 is 2.09 bits per heavy atom. The minimum absolute atomic E-state index is 0. The first kappa shape index (κ1) is 25.5. The summed E-state index contributed by atoms with van der Waals surface area (Å²) >= 11 is 1.81. The zero-order chi connectivity index (χ0) is 23.0. The summed E-state index contributed by atoms with van der Waals surface area (Å²) < 4.78 is 13.0. The van der Waals surface area contributed by atoms with Gasteiger partial charge >= 0.3 is 0 Å². The molecule has 0 amide bonds. The van der Waals surface area contributed by atoms with Crippen LogP contribution in [0.4, 0.5) is 0 Å². The lowest BCUT2D eigenvalue weighted by atomic mass is 9.92. The van der Waals surface area contributed by atoms with E-state index in [0.29, 0.717) is 23.1 Å². The molecule has 2 aliphatic heterocycles. The van der Waals surface area contributed by atoms with Gasteiger partial charge in [-0.1, -0.05) is 17.8 Å². The maximum absolute atomic E-state index is 12.1. The van der Waals surface area contributed by atoms with Gasteiger partial charge in [0.05, 0.1) is 12.7 Å². The van der Waals surface area contributed by atoms with Crippen molar-refractivity contribution in [2.24, 2.45) is 13.0 Å². The SMILES string of the molecule is COc1ccc(C23C[C@@H]2CN(CCCSc2nnc(C4CCOCC4)n2C)C3)cc1C(C)=O.Cl. The highest BCUT2D eigenvalue weighted by molar-refractivity contribution is 7.99. The van der Waals surface area contributed by atoms with Crippen LogP contribution in [0.15, 0.2) is 23.4 Å². The van der Waals surface area contributed by atoms with Crippen molar-refractivity contribution >= 4 is 30.0 Å². The summed E-state index contributed by atoms with van der Waals surface area (Å²) in [4.78, 5) is 14.7. The number of Topliss-reactive ketones (excluding diaryl/α,β-unsaturated/α-hetero) is 1. The molecule has 1 aromatic heterocycles. The third-order valence-corrected chi connectivity index (χ3v) is 8.78. The summed E-state index contributed by atoms with van der Waals surface area (Å²) in [5, 5.41) is 9.95. The Kier molecular flexibility index (Phi) is 7.92. The number of rotatable bonds is 9. The molecule has 5 rings (SSSR count). The molecule has 0 bridgehead atoms. The van der Waals surface area contributed by atoms with Crippen molar-refractivity contribution in [2.75, 3.05) is 45.7 Å². The summed E-state index contributed by atoms with van der Waals surface area (Å²) in [5.74, 6) is 4.07. The standard InChI is InChI=1S/C25H34N4O3S.ClH/c1-17(30)21-13-19(5-6-22(21)31-3)25-14-20(25)15-29(16-25)9-4-12-33-24-27-26-23(28(24)2)18-7-10-32-11-8-18;/h5-6,13,18,20H,4,7-12,14-16H2,1-3H3;1H/t20-,25?;/m1./s1. The van der Waals surface area contributed by atoms with Gasteiger partial charge in [0.2, 0.25) is 0 Å². The van der Waals surface area contributed by atoms with Crippen LogP contribution in [-0.2, 0) is 17.2 Å². The van der Waals surface area contributed by atoms with Gasteiger partial charge in [-0.05, 0) is 62.8 Å². The van der Waals surface area contributed by atoms with Gasteiger partial charge in [-0.3, -0.25) is 4.79 Å². The predicted octanol–water partition coefficient (Wildman–Crippen LogP) is 4.10. The molecule has 0 radical (unpaired) electrons. The molecule has 3 heterocycles. The molecule has 3 fully saturated rings. The van der Waals surface area contributed by atoms with E-state index >= 15 is 0 Å². The number of carbonyl (C=O) groups is 1. The van der Waals surface area contributed by atoms with E-state index in [2.05, 4.69) is 38.8 Å². The highest BCUT2D eigenvalue weighted by Gasteiger charge is 2.60. The fraction of sp³-hybridized carbons (Fsp3) is 0.640. The predicted molar refractivity (Wildman–Crippen MR) is 136 cm³/mol. The van der Waals surface area contributed by atoms with E-state index in [1.807, 2.05) is 17.8 Å². The molecule has 1 aliphatic carbocycles. The van der Waals surface area contributed by atoms with Gasteiger partial charge in [0, 0.05) is 50.4 Å². The molecule has 186 valence electrons. The average Bonchev–Trinajstić information content (AvgIpc) is 3.21. The maximum atomic E-state index is 12.1. The lowest BCUT2D eigenvalue weighted by Gasteiger charge is -2.22. The highest BCUT2D eigenvalue weighted by atomic mass is 35.5. The number of fused-ring (bicyclic) bond motifs is 1. The van der Waals surface area contributed by atoms with Gasteiger partial charge < -0.3 is 18.9 Å². The van der Waals surface area contributed by atoms with E-state index in [4.69, 9.17) is 9.47 Å². The van der Waals surface area contributed by atoms with Crippen molar-refractivity contribution in [3.8, 4) is 5.75 Å². The lowest BCUT2D eigenvalue weighted by Crippen LogP contribution is -2.28. The topological polar surface area (TPSA) is 69.5 Å². The number of piperidine rings is 1. The van der Waals surface area contributed by atoms with Gasteiger partial charge in [-0.25, -0.2) is 0 Å². The first-order valence-corrected chi connectivity index (χ1v) is 13.0. The van der Waals surface area contributed by atoms with Crippen LogP contribution in [0.2, 0.25) is 0 Å². The number of benzene rings is 1. The van der Waals surface area contributed by atoms with Crippen molar-refractivity contribution in [1.29, 1.82) is 0 Å². The number of halogens is 1. The minimum atomic E-state index is 0. The summed E-state index contributed by atoms with van der Waals surface area (Å²) in [6.45, 7) is 6.61. The van der Waals surface area contributed by atoms with Crippen LogP contribution in [0.3, 0.4) is 0 Å². The number of likely N-dealkylation sites (tertiary alicyclic amines) is 1. The molecule has 1 aromatic carbocycles. The smallest absolute Gasteiger partial charge is 0.190 e. The Balaban J connectivity index is 0.00000274. The number of carbonyl (C=O) groups excluding carboxylic acids is 1. The van der Waals surface area contributed by atoms with Crippen LogP contribution < -0.4 is 4.74 Å². The third-order valence-electron chi connectivity index (χ3n) is 7.67. The Labute approximate surface area is 212 Å². The van der Waals surface area contributed by atoms with Gasteiger partial charge in [0.25, 0.3) is 0 Å². The van der Waals surface area contributed by atoms with Crippen LogP contribution in [0.25, 0.3) is 0 Å². The fourth-order valence-electron chi connectivity index (χ4n) is 5.71. The highest BCUT2D eigenvalue weighted by Crippen LogP contribution is 2.59. The molecule has 34 heavy (non-hydrogen) atoms. The number of nitrogens with zero attached hydrogens (tertiary/aromatic N) is 4. The molecule has 1 unspecified atom stereocenters. The first-order valence-electron chi connectivity index (χ1n) is 12.0. The Hall–Kier alpha value is -1.61. The summed E-state index contributed by atoms with van der Waals surface area (Å²) in [6.07, 6.45) is 4.44. The number of hydrogen-bond donors (Lipinski definition) is 0. The number of hydrogen-bond acceptors (Lipinski definition) is 7. The number of ketones is 1. The first-order chi connectivity index (χ1) is 16.0. The van der Waals surface area contributed by atoms with Crippen LogP contribution in [0, 0.1) is 5.92 Å². The molecule has 3 aliphatic rings. The number of thioether (sulfide) groups is 1. The molecule has 7 nitrogen and oxygen atoms in total. The van der Waals surface area contributed by atoms with Gasteiger partial charge in [0.15, 0.2) is 10.9 Å². The van der Waals surface area contributed by atoms with Crippen molar-refractivity contribution in [1.82, 2.24) is 19.7 Å². The van der Waals surface area contributed by atoms with Crippen molar-refractivity contribution in [2.45, 2.75) is 49.1 Å². The van der Waals surface area contributed by atoms with E-state index in [-0.39, 0.29) is 23.6 Å². The molecular formula is C25H35ClN4O3S. The summed E-state index contributed by atoms with van der Waals surface area (Å²) in [5.41, 5.74) is 2.23. The van der Waals surface area contributed by atoms with E-state index in [0.717, 1.165) is 68.8 Å². The largest absolute Gasteiger partial charge is 0.496 e. The maximum Gasteiger partial charge on any atom is 0.190 e. The van der Waals surface area contributed by atoms with Crippen LogP contribution in [-0.4, -0.2) is 71.2 Å². The molecule has 2 saturated heterocycles. The lowest BCUT2D eigenvalue weighted by molar-refractivity contribution is 0.0828.